The Morgan fingerprint density at radius 1 is 1.00 bits per heavy atom. The SMILES string of the molecule is CC(C)c1ccc2c(c1)[C@H]([NH+]1CC[NH+](C)CC1)Cc1cc(F)ccc1S2. The van der Waals surface area contributed by atoms with Gasteiger partial charge >= 0.3 is 0 Å². The first-order valence-corrected chi connectivity index (χ1v) is 10.6. The van der Waals surface area contributed by atoms with E-state index in [4.69, 9.17) is 0 Å². The highest BCUT2D eigenvalue weighted by atomic mass is 32.2. The first-order valence-electron chi connectivity index (χ1n) is 9.77. The van der Waals surface area contributed by atoms with Crippen LogP contribution in [0.25, 0.3) is 0 Å². The Morgan fingerprint density at radius 3 is 2.46 bits per heavy atom. The minimum Gasteiger partial charge on any atom is -0.328 e. The second kappa shape index (κ2) is 7.34. The van der Waals surface area contributed by atoms with Gasteiger partial charge in [0.05, 0.1) is 7.05 Å². The molecule has 2 heterocycles. The van der Waals surface area contributed by atoms with Gasteiger partial charge < -0.3 is 9.80 Å². The molecule has 2 aliphatic rings. The van der Waals surface area contributed by atoms with E-state index in [1.54, 1.807) is 21.9 Å². The summed E-state index contributed by atoms with van der Waals surface area (Å²) in [5, 5.41) is 0. The zero-order valence-corrected chi connectivity index (χ0v) is 16.8. The lowest BCUT2D eigenvalue weighted by Gasteiger charge is -2.34. The van der Waals surface area contributed by atoms with E-state index < -0.39 is 0 Å². The van der Waals surface area contributed by atoms with Gasteiger partial charge in [-0.05, 0) is 47.4 Å². The smallest absolute Gasteiger partial charge is 0.127 e. The summed E-state index contributed by atoms with van der Waals surface area (Å²) >= 11 is 1.82. The van der Waals surface area contributed by atoms with Gasteiger partial charge in [-0.15, -0.1) is 0 Å². The molecular weight excluding hydrogens is 343 g/mol. The normalized spacial score (nSPS) is 25.5. The predicted molar refractivity (Wildman–Crippen MR) is 105 cm³/mol. The molecule has 0 radical (unpaired) electrons. The summed E-state index contributed by atoms with van der Waals surface area (Å²) in [6, 6.07) is 12.7. The molecule has 2 aromatic carbocycles. The van der Waals surface area contributed by atoms with Crippen molar-refractivity contribution >= 4 is 11.8 Å². The molecule has 0 spiro atoms. The van der Waals surface area contributed by atoms with Crippen LogP contribution in [0, 0.1) is 5.82 Å². The van der Waals surface area contributed by atoms with Crippen LogP contribution in [0.2, 0.25) is 0 Å². The van der Waals surface area contributed by atoms with Gasteiger partial charge in [0, 0.05) is 21.8 Å². The van der Waals surface area contributed by atoms with Gasteiger partial charge in [0.25, 0.3) is 0 Å². The molecule has 1 fully saturated rings. The van der Waals surface area contributed by atoms with Crippen molar-refractivity contribution in [2.24, 2.45) is 0 Å². The first kappa shape index (κ1) is 18.0. The molecule has 0 aliphatic carbocycles. The number of quaternary nitrogens is 2. The third-order valence-corrected chi connectivity index (χ3v) is 7.19. The van der Waals surface area contributed by atoms with Gasteiger partial charge in [-0.2, -0.15) is 0 Å². The van der Waals surface area contributed by atoms with Crippen molar-refractivity contribution in [2.75, 3.05) is 33.2 Å². The van der Waals surface area contributed by atoms with Crippen LogP contribution in [0.1, 0.15) is 42.5 Å². The van der Waals surface area contributed by atoms with Gasteiger partial charge in [-0.1, -0.05) is 31.7 Å². The van der Waals surface area contributed by atoms with Crippen LogP contribution in [0.4, 0.5) is 4.39 Å². The van der Waals surface area contributed by atoms with Crippen molar-refractivity contribution in [3.8, 4) is 0 Å². The highest BCUT2D eigenvalue weighted by molar-refractivity contribution is 7.99. The average molecular weight is 373 g/mol. The quantitative estimate of drug-likeness (QED) is 0.821. The van der Waals surface area contributed by atoms with Crippen molar-refractivity contribution in [2.45, 2.75) is 42.0 Å². The highest BCUT2D eigenvalue weighted by Gasteiger charge is 2.34. The highest BCUT2D eigenvalue weighted by Crippen LogP contribution is 2.41. The molecule has 4 heteroatoms. The lowest BCUT2D eigenvalue weighted by molar-refractivity contribution is -1.02. The van der Waals surface area contributed by atoms with Gasteiger partial charge in [0.15, 0.2) is 0 Å². The van der Waals surface area contributed by atoms with Gasteiger partial charge in [-0.25, -0.2) is 4.39 Å². The number of rotatable bonds is 2. The molecule has 4 rings (SSSR count). The van der Waals surface area contributed by atoms with Gasteiger partial charge in [-0.3, -0.25) is 0 Å². The minimum absolute atomic E-state index is 0.116. The van der Waals surface area contributed by atoms with Crippen LogP contribution < -0.4 is 9.80 Å². The Labute approximate surface area is 160 Å². The third-order valence-electron chi connectivity index (χ3n) is 5.98. The molecule has 0 unspecified atom stereocenters. The summed E-state index contributed by atoms with van der Waals surface area (Å²) in [5.41, 5.74) is 4.04. The van der Waals surface area contributed by atoms with Crippen molar-refractivity contribution < 1.29 is 14.2 Å². The van der Waals surface area contributed by atoms with E-state index >= 15 is 0 Å². The fourth-order valence-corrected chi connectivity index (χ4v) is 5.36. The maximum atomic E-state index is 13.9. The van der Waals surface area contributed by atoms with Crippen LogP contribution in [-0.4, -0.2) is 33.2 Å². The zero-order valence-electron chi connectivity index (χ0n) is 15.9. The van der Waals surface area contributed by atoms with Crippen molar-refractivity contribution in [1.29, 1.82) is 0 Å². The number of benzene rings is 2. The summed E-state index contributed by atoms with van der Waals surface area (Å²) in [4.78, 5) is 5.85. The molecule has 2 nitrogen and oxygen atoms in total. The van der Waals surface area contributed by atoms with E-state index in [1.165, 1.54) is 52.7 Å². The van der Waals surface area contributed by atoms with Crippen LogP contribution in [0.5, 0.6) is 0 Å². The molecule has 1 saturated heterocycles. The molecule has 138 valence electrons. The molecule has 2 aliphatic heterocycles. The number of hydrogen-bond donors (Lipinski definition) is 2. The summed E-state index contributed by atoms with van der Waals surface area (Å²) < 4.78 is 13.9. The van der Waals surface area contributed by atoms with E-state index in [9.17, 15) is 4.39 Å². The predicted octanol–water partition coefficient (Wildman–Crippen LogP) is 2.11. The zero-order chi connectivity index (χ0) is 18.3. The monoisotopic (exact) mass is 372 g/mol. The van der Waals surface area contributed by atoms with E-state index in [1.807, 2.05) is 17.8 Å². The van der Waals surface area contributed by atoms with Crippen molar-refractivity contribution in [3.63, 3.8) is 0 Å². The van der Waals surface area contributed by atoms with Crippen molar-refractivity contribution in [3.05, 3.63) is 58.9 Å². The second-order valence-corrected chi connectivity index (χ2v) is 9.26. The van der Waals surface area contributed by atoms with Crippen LogP contribution in [0.3, 0.4) is 0 Å². The lowest BCUT2D eigenvalue weighted by Crippen LogP contribution is -3.27. The number of nitrogens with one attached hydrogen (secondary N) is 2. The van der Waals surface area contributed by atoms with E-state index in [-0.39, 0.29) is 5.82 Å². The Hall–Kier alpha value is -1.36. The van der Waals surface area contributed by atoms with Crippen LogP contribution in [0.15, 0.2) is 46.2 Å². The number of fused-ring (bicyclic) bond motifs is 2. The van der Waals surface area contributed by atoms with E-state index in [2.05, 4.69) is 39.1 Å². The second-order valence-electron chi connectivity index (χ2n) is 8.18. The number of halogens is 1. The number of piperazine rings is 1. The van der Waals surface area contributed by atoms with Crippen molar-refractivity contribution in [1.82, 2.24) is 0 Å². The third kappa shape index (κ3) is 3.55. The Morgan fingerprint density at radius 2 is 1.73 bits per heavy atom. The molecule has 1 atom stereocenters. The lowest BCUT2D eigenvalue weighted by atomic mass is 9.93. The van der Waals surface area contributed by atoms with Crippen LogP contribution >= 0.6 is 11.8 Å². The molecule has 2 aromatic rings. The molecular formula is C22H29FN2S+2. The molecule has 0 aromatic heterocycles. The topological polar surface area (TPSA) is 8.88 Å². The summed E-state index contributed by atoms with van der Waals surface area (Å²) in [6.45, 7) is 9.34. The first-order chi connectivity index (χ1) is 12.5. The summed E-state index contributed by atoms with van der Waals surface area (Å²) in [5.74, 6) is 0.413. The number of likely N-dealkylation sites (N-methyl/N-ethyl adjacent to an activating group) is 1. The van der Waals surface area contributed by atoms with Gasteiger partial charge in [0.1, 0.15) is 38.0 Å². The molecule has 0 bridgehead atoms. The van der Waals surface area contributed by atoms with E-state index in [0.29, 0.717) is 12.0 Å². The molecule has 26 heavy (non-hydrogen) atoms. The fourth-order valence-electron chi connectivity index (χ4n) is 4.26. The molecule has 0 amide bonds. The standard InChI is InChI=1S/C22H27FN2S/c1-15(2)16-4-6-22-19(13-16)20(25-10-8-24(3)9-11-25)14-17-12-18(23)5-7-21(17)26-22/h4-7,12-13,15,20H,8-11,14H2,1-3H3/p+2/t20-/m1/s1. The minimum atomic E-state index is -0.116. The summed E-state index contributed by atoms with van der Waals surface area (Å²) in [7, 11) is 2.29. The fraction of sp³-hybridized carbons (Fsp3) is 0.455. The Bertz CT molecular complexity index is 797. The van der Waals surface area contributed by atoms with E-state index in [0.717, 1.165) is 6.42 Å². The molecule has 0 saturated carbocycles. The van der Waals surface area contributed by atoms with Gasteiger partial charge in [0.2, 0.25) is 0 Å². The maximum absolute atomic E-state index is 13.9. The molecule has 2 N–H and O–H groups in total. The Kier molecular flexibility index (Phi) is 5.09. The average Bonchev–Trinajstić information content (AvgIpc) is 2.78. The number of hydrogen-bond acceptors (Lipinski definition) is 1. The summed E-state index contributed by atoms with van der Waals surface area (Å²) in [6.07, 6.45) is 0.934. The Balaban J connectivity index is 1.78. The largest absolute Gasteiger partial charge is 0.328 e. The van der Waals surface area contributed by atoms with Crippen LogP contribution in [-0.2, 0) is 6.42 Å². The maximum Gasteiger partial charge on any atom is 0.127 e.